The minimum Gasteiger partial charge on any atom is -0.272 e. The molecule has 0 unspecified atom stereocenters. The van der Waals surface area contributed by atoms with Gasteiger partial charge in [0, 0.05) is 12.8 Å². The van der Waals surface area contributed by atoms with Gasteiger partial charge in [-0.25, -0.2) is 0 Å². The Kier molecular flexibility index (Phi) is 8.30. The van der Waals surface area contributed by atoms with Gasteiger partial charge in [0.15, 0.2) is 11.4 Å². The van der Waals surface area contributed by atoms with Crippen LogP contribution in [-0.2, 0) is 0 Å². The van der Waals surface area contributed by atoms with Crippen molar-refractivity contribution < 1.29 is 0 Å². The molecule has 0 aromatic carbocycles. The lowest BCUT2D eigenvalue weighted by Crippen LogP contribution is -2.14. The summed E-state index contributed by atoms with van der Waals surface area (Å²) in [5, 5.41) is 11.5. The zero-order chi connectivity index (χ0) is 11.7. The predicted octanol–water partition coefficient (Wildman–Crippen LogP) is 3.04. The van der Waals surface area contributed by atoms with E-state index in [4.69, 9.17) is 28.5 Å². The van der Waals surface area contributed by atoms with Crippen LogP contribution in [0.2, 0.25) is 0 Å². The molecule has 0 fully saturated rings. The first kappa shape index (κ1) is 14.4. The number of hydrogen-bond donors (Lipinski definition) is 1. The van der Waals surface area contributed by atoms with Crippen molar-refractivity contribution >= 4 is 40.1 Å². The molecule has 6 heteroatoms. The molecule has 0 aromatic rings. The van der Waals surface area contributed by atoms with Gasteiger partial charge in [0.25, 0.3) is 0 Å². The Morgan fingerprint density at radius 2 is 2.20 bits per heavy atom. The van der Waals surface area contributed by atoms with Gasteiger partial charge in [-0.05, 0) is 13.0 Å². The van der Waals surface area contributed by atoms with Gasteiger partial charge in [0.05, 0.1) is 0 Å². The molecule has 0 aromatic heterocycles. The number of thioether (sulfide) groups is 1. The van der Waals surface area contributed by atoms with E-state index in [2.05, 4.69) is 10.3 Å². The van der Waals surface area contributed by atoms with Crippen LogP contribution in [0.4, 0.5) is 0 Å². The molecular formula is C9H11Cl2N3S. The summed E-state index contributed by atoms with van der Waals surface area (Å²) in [5.41, 5.74) is 1.08. The van der Waals surface area contributed by atoms with Crippen molar-refractivity contribution in [2.24, 2.45) is 4.99 Å². The molecule has 0 aliphatic carbocycles. The predicted molar refractivity (Wildman–Crippen MR) is 68.1 cm³/mol. The van der Waals surface area contributed by atoms with Gasteiger partial charge in [-0.2, -0.15) is 5.26 Å². The van der Waals surface area contributed by atoms with E-state index in [1.807, 2.05) is 19.2 Å². The van der Waals surface area contributed by atoms with Crippen molar-refractivity contribution in [1.82, 2.24) is 5.32 Å². The van der Waals surface area contributed by atoms with Crippen molar-refractivity contribution in [2.45, 2.75) is 6.92 Å². The Hall–Kier alpha value is -0.630. The van der Waals surface area contributed by atoms with Crippen LogP contribution in [-0.4, -0.2) is 18.0 Å². The van der Waals surface area contributed by atoms with E-state index >= 15 is 0 Å². The highest BCUT2D eigenvalue weighted by molar-refractivity contribution is 8.14. The molecule has 0 radical (unpaired) electrons. The summed E-state index contributed by atoms with van der Waals surface area (Å²) in [5.74, 6) is 0.721. The van der Waals surface area contributed by atoms with Crippen LogP contribution in [0.15, 0.2) is 27.2 Å². The lowest BCUT2D eigenvalue weighted by molar-refractivity contribution is 1.26. The molecule has 0 saturated carbocycles. The number of hydrogen-bond acceptors (Lipinski definition) is 3. The summed E-state index contributed by atoms with van der Waals surface area (Å²) in [6.45, 7) is 1.94. The van der Waals surface area contributed by atoms with Crippen molar-refractivity contribution in [3.05, 3.63) is 22.2 Å². The average Bonchev–Trinajstić information content (AvgIpc) is 2.21. The molecule has 1 N–H and O–H groups in total. The third kappa shape index (κ3) is 8.37. The Morgan fingerprint density at radius 3 is 2.67 bits per heavy atom. The van der Waals surface area contributed by atoms with Crippen molar-refractivity contribution in [3.8, 4) is 6.19 Å². The quantitative estimate of drug-likeness (QED) is 0.280. The molecule has 0 amide bonds. The zero-order valence-corrected chi connectivity index (χ0v) is 10.7. The lowest BCUT2D eigenvalue weighted by Gasteiger charge is -2.01. The minimum absolute atomic E-state index is 0.221. The molecule has 0 saturated heterocycles. The van der Waals surface area contributed by atoms with E-state index in [1.165, 1.54) is 11.8 Å². The first-order valence-electron chi connectivity index (χ1n) is 4.03. The molecule has 0 aliphatic heterocycles. The fraction of sp³-hybridized carbons (Fsp3) is 0.333. The summed E-state index contributed by atoms with van der Waals surface area (Å²) in [4.78, 5) is 3.90. The second-order valence-corrected chi connectivity index (χ2v) is 4.50. The fourth-order valence-corrected chi connectivity index (χ4v) is 1.47. The van der Waals surface area contributed by atoms with Crippen LogP contribution >= 0.6 is 35.0 Å². The molecule has 15 heavy (non-hydrogen) atoms. The molecule has 0 spiro atoms. The maximum absolute atomic E-state index is 8.39. The summed E-state index contributed by atoms with van der Waals surface area (Å²) < 4.78 is 0.221. The summed E-state index contributed by atoms with van der Waals surface area (Å²) in [7, 11) is 1.63. The fourth-order valence-electron chi connectivity index (χ4n) is 0.640. The van der Waals surface area contributed by atoms with Gasteiger partial charge >= 0.3 is 0 Å². The van der Waals surface area contributed by atoms with Gasteiger partial charge in [0.2, 0.25) is 0 Å². The monoisotopic (exact) mass is 263 g/mol. The molecule has 0 atom stereocenters. The smallest absolute Gasteiger partial charge is 0.183 e. The van der Waals surface area contributed by atoms with Crippen LogP contribution in [0.3, 0.4) is 0 Å². The van der Waals surface area contributed by atoms with Gasteiger partial charge in [0.1, 0.15) is 4.49 Å². The Morgan fingerprint density at radius 1 is 1.53 bits per heavy atom. The third-order valence-corrected chi connectivity index (χ3v) is 2.71. The molecule has 3 nitrogen and oxygen atoms in total. The van der Waals surface area contributed by atoms with Gasteiger partial charge in [-0.1, -0.05) is 46.6 Å². The SMILES string of the molecule is CN=C(NC#N)SC/C(C)=C\C=C(Cl)Cl. The Labute approximate surface area is 104 Å². The van der Waals surface area contributed by atoms with E-state index in [0.29, 0.717) is 5.17 Å². The van der Waals surface area contributed by atoms with Gasteiger partial charge in [-0.3, -0.25) is 10.3 Å². The topological polar surface area (TPSA) is 48.2 Å². The number of rotatable bonds is 3. The normalized spacial score (nSPS) is 11.9. The second-order valence-electron chi connectivity index (χ2n) is 2.52. The number of allylic oxidation sites excluding steroid dienone is 2. The number of aliphatic imine (C=N–C) groups is 1. The van der Waals surface area contributed by atoms with Crippen molar-refractivity contribution in [1.29, 1.82) is 5.26 Å². The summed E-state index contributed by atoms with van der Waals surface area (Å²) >= 11 is 12.4. The van der Waals surface area contributed by atoms with Gasteiger partial charge < -0.3 is 0 Å². The van der Waals surface area contributed by atoms with Crippen LogP contribution in [0.5, 0.6) is 0 Å². The van der Waals surface area contributed by atoms with Crippen molar-refractivity contribution in [3.63, 3.8) is 0 Å². The first-order valence-corrected chi connectivity index (χ1v) is 5.77. The van der Waals surface area contributed by atoms with E-state index < -0.39 is 0 Å². The molecule has 0 bridgehead atoms. The maximum Gasteiger partial charge on any atom is 0.183 e. The third-order valence-electron chi connectivity index (χ3n) is 1.30. The second kappa shape index (κ2) is 8.66. The van der Waals surface area contributed by atoms with E-state index in [-0.39, 0.29) is 4.49 Å². The number of nitrogens with one attached hydrogen (secondary N) is 1. The highest BCUT2D eigenvalue weighted by Gasteiger charge is 1.97. The highest BCUT2D eigenvalue weighted by Crippen LogP contribution is 2.11. The highest BCUT2D eigenvalue weighted by atomic mass is 35.5. The standard InChI is InChI=1S/C9H11Cl2N3S/c1-7(3-4-8(10)11)5-15-9(13-2)14-6-12/h3-4H,5H2,1-2H3,(H,13,14)/b7-3-. The van der Waals surface area contributed by atoms with E-state index in [9.17, 15) is 0 Å². The van der Waals surface area contributed by atoms with Crippen LogP contribution in [0.1, 0.15) is 6.92 Å². The lowest BCUT2D eigenvalue weighted by atomic mass is 10.3. The largest absolute Gasteiger partial charge is 0.272 e. The summed E-state index contributed by atoms with van der Waals surface area (Å²) in [6.07, 6.45) is 5.25. The number of halogens is 2. The van der Waals surface area contributed by atoms with Crippen LogP contribution in [0, 0.1) is 11.5 Å². The minimum atomic E-state index is 0.221. The van der Waals surface area contributed by atoms with Gasteiger partial charge in [-0.15, -0.1) is 0 Å². The maximum atomic E-state index is 8.39. The van der Waals surface area contributed by atoms with Crippen molar-refractivity contribution in [2.75, 3.05) is 12.8 Å². The summed E-state index contributed by atoms with van der Waals surface area (Å²) in [6, 6.07) is 0. The molecule has 0 aliphatic rings. The van der Waals surface area contributed by atoms with E-state index in [1.54, 1.807) is 13.1 Å². The zero-order valence-electron chi connectivity index (χ0n) is 8.42. The molecule has 82 valence electrons. The van der Waals surface area contributed by atoms with E-state index in [0.717, 1.165) is 11.3 Å². The average molecular weight is 264 g/mol. The molecule has 0 heterocycles. The molecular weight excluding hydrogens is 253 g/mol. The molecule has 0 rings (SSSR count). The Bertz CT molecular complexity index is 325. The number of nitriles is 1. The Balaban J connectivity index is 4.11. The first-order chi connectivity index (χ1) is 7.10. The number of nitrogens with zero attached hydrogens (tertiary/aromatic N) is 2. The van der Waals surface area contributed by atoms with Crippen LogP contribution in [0.25, 0.3) is 0 Å². The number of amidine groups is 1. The van der Waals surface area contributed by atoms with Crippen LogP contribution < -0.4 is 5.32 Å².